The van der Waals surface area contributed by atoms with Gasteiger partial charge in [0.05, 0.1) is 18.8 Å². The van der Waals surface area contributed by atoms with E-state index < -0.39 is 0 Å². The minimum atomic E-state index is -0.312. The van der Waals surface area contributed by atoms with E-state index >= 15 is 0 Å². The third-order valence-corrected chi connectivity index (χ3v) is 4.35. The van der Waals surface area contributed by atoms with Gasteiger partial charge in [-0.1, -0.05) is 30.7 Å². The van der Waals surface area contributed by atoms with Gasteiger partial charge in [-0.05, 0) is 61.1 Å². The number of ether oxygens (including phenoxy) is 2. The maximum absolute atomic E-state index is 11.5. The van der Waals surface area contributed by atoms with E-state index in [0.29, 0.717) is 11.7 Å². The fraction of sp³-hybridized carbons (Fsp3) is 0.350. The Hall–Kier alpha value is -2.29. The van der Waals surface area contributed by atoms with E-state index in [1.54, 1.807) is 12.1 Å². The zero-order chi connectivity index (χ0) is 16.1. The van der Waals surface area contributed by atoms with Crippen LogP contribution in [0.25, 0.3) is 11.1 Å². The molecule has 1 aliphatic rings. The molecule has 0 bridgehead atoms. The second kappa shape index (κ2) is 7.32. The maximum Gasteiger partial charge on any atom is 0.337 e. The Labute approximate surface area is 137 Å². The molecular formula is C20H22O3. The Balaban J connectivity index is 1.67. The molecule has 0 spiro atoms. The van der Waals surface area contributed by atoms with Gasteiger partial charge >= 0.3 is 5.97 Å². The number of methoxy groups -OCH3 is 1. The van der Waals surface area contributed by atoms with Crippen LogP contribution in [0.1, 0.15) is 42.5 Å². The van der Waals surface area contributed by atoms with E-state index in [0.717, 1.165) is 29.7 Å². The molecule has 0 amide bonds. The highest BCUT2D eigenvalue weighted by atomic mass is 16.5. The van der Waals surface area contributed by atoms with Gasteiger partial charge in [-0.15, -0.1) is 0 Å². The third kappa shape index (κ3) is 3.92. The molecule has 0 atom stereocenters. The number of esters is 1. The number of benzene rings is 2. The maximum atomic E-state index is 11.5. The molecule has 0 aromatic heterocycles. The minimum Gasteiger partial charge on any atom is -0.490 e. The predicted molar refractivity (Wildman–Crippen MR) is 90.7 cm³/mol. The van der Waals surface area contributed by atoms with Crippen LogP contribution in [0.3, 0.4) is 0 Å². The minimum absolute atomic E-state index is 0.312. The van der Waals surface area contributed by atoms with Crippen LogP contribution >= 0.6 is 0 Å². The molecule has 3 nitrogen and oxygen atoms in total. The van der Waals surface area contributed by atoms with Crippen LogP contribution in [-0.4, -0.2) is 19.2 Å². The molecule has 3 rings (SSSR count). The molecule has 0 saturated heterocycles. The number of rotatable bonds is 4. The van der Waals surface area contributed by atoms with Crippen molar-refractivity contribution in [2.75, 3.05) is 7.11 Å². The zero-order valence-corrected chi connectivity index (χ0v) is 13.5. The molecule has 0 N–H and O–H groups in total. The van der Waals surface area contributed by atoms with Crippen molar-refractivity contribution in [1.29, 1.82) is 0 Å². The quantitative estimate of drug-likeness (QED) is 0.757. The Morgan fingerprint density at radius 3 is 2.00 bits per heavy atom. The average Bonchev–Trinajstić information content (AvgIpc) is 2.63. The molecule has 1 saturated carbocycles. The van der Waals surface area contributed by atoms with Crippen LogP contribution in [0.2, 0.25) is 0 Å². The fourth-order valence-corrected chi connectivity index (χ4v) is 3.02. The first-order valence-corrected chi connectivity index (χ1v) is 8.22. The predicted octanol–water partition coefficient (Wildman–Crippen LogP) is 4.85. The largest absolute Gasteiger partial charge is 0.490 e. The van der Waals surface area contributed by atoms with Crippen molar-refractivity contribution in [1.82, 2.24) is 0 Å². The topological polar surface area (TPSA) is 35.5 Å². The van der Waals surface area contributed by atoms with Crippen LogP contribution in [-0.2, 0) is 4.74 Å². The fourth-order valence-electron chi connectivity index (χ4n) is 3.02. The summed E-state index contributed by atoms with van der Waals surface area (Å²) in [5.41, 5.74) is 2.74. The Morgan fingerprint density at radius 2 is 1.43 bits per heavy atom. The van der Waals surface area contributed by atoms with E-state index in [9.17, 15) is 4.79 Å². The summed E-state index contributed by atoms with van der Waals surface area (Å²) in [6.07, 6.45) is 6.58. The van der Waals surface area contributed by atoms with Gasteiger partial charge < -0.3 is 9.47 Å². The second-order valence-corrected chi connectivity index (χ2v) is 5.97. The SMILES string of the molecule is COC(=O)c1ccc(-c2ccc(OC3CCCCC3)cc2)cc1. The van der Waals surface area contributed by atoms with Crippen LogP contribution in [0, 0.1) is 0 Å². The molecule has 1 fully saturated rings. The van der Waals surface area contributed by atoms with Crippen LogP contribution in [0.15, 0.2) is 48.5 Å². The van der Waals surface area contributed by atoms with Gasteiger partial charge in [-0.3, -0.25) is 0 Å². The van der Waals surface area contributed by atoms with Crippen LogP contribution < -0.4 is 4.74 Å². The molecule has 0 unspecified atom stereocenters. The van der Waals surface area contributed by atoms with Crippen molar-refractivity contribution < 1.29 is 14.3 Å². The molecule has 2 aromatic rings. The normalized spacial score (nSPS) is 15.2. The molecule has 0 heterocycles. The Bertz CT molecular complexity index is 638. The lowest BCUT2D eigenvalue weighted by Gasteiger charge is -2.23. The lowest BCUT2D eigenvalue weighted by molar-refractivity contribution is 0.0601. The van der Waals surface area contributed by atoms with E-state index in [-0.39, 0.29) is 5.97 Å². The van der Waals surface area contributed by atoms with Gasteiger partial charge in [0.15, 0.2) is 0 Å². The number of hydrogen-bond donors (Lipinski definition) is 0. The molecule has 23 heavy (non-hydrogen) atoms. The second-order valence-electron chi connectivity index (χ2n) is 5.97. The summed E-state index contributed by atoms with van der Waals surface area (Å²) in [5.74, 6) is 0.625. The van der Waals surface area contributed by atoms with Gasteiger partial charge in [-0.2, -0.15) is 0 Å². The monoisotopic (exact) mass is 310 g/mol. The molecule has 120 valence electrons. The molecule has 2 aromatic carbocycles. The van der Waals surface area contributed by atoms with Crippen molar-refractivity contribution in [2.24, 2.45) is 0 Å². The van der Waals surface area contributed by atoms with Gasteiger partial charge in [-0.25, -0.2) is 4.79 Å². The summed E-state index contributed by atoms with van der Waals surface area (Å²) < 4.78 is 10.8. The first-order valence-electron chi connectivity index (χ1n) is 8.22. The smallest absolute Gasteiger partial charge is 0.337 e. The van der Waals surface area contributed by atoms with Crippen molar-refractivity contribution >= 4 is 5.97 Å². The number of carbonyl (C=O) groups excluding carboxylic acids is 1. The molecule has 1 aliphatic carbocycles. The van der Waals surface area contributed by atoms with Crippen LogP contribution in [0.5, 0.6) is 5.75 Å². The van der Waals surface area contributed by atoms with Gasteiger partial charge in [0.1, 0.15) is 5.75 Å². The summed E-state index contributed by atoms with van der Waals surface area (Å²) in [6.45, 7) is 0. The highest BCUT2D eigenvalue weighted by Gasteiger charge is 2.14. The Kier molecular flexibility index (Phi) is 4.96. The number of carbonyl (C=O) groups is 1. The summed E-state index contributed by atoms with van der Waals surface area (Å²) in [5, 5.41) is 0. The third-order valence-electron chi connectivity index (χ3n) is 4.35. The molecule has 3 heteroatoms. The van der Waals surface area contributed by atoms with Gasteiger partial charge in [0.25, 0.3) is 0 Å². The summed E-state index contributed by atoms with van der Waals surface area (Å²) in [4.78, 5) is 11.5. The van der Waals surface area contributed by atoms with Crippen LogP contribution in [0.4, 0.5) is 0 Å². The summed E-state index contributed by atoms with van der Waals surface area (Å²) in [7, 11) is 1.39. The first kappa shape index (κ1) is 15.6. The lowest BCUT2D eigenvalue weighted by atomic mass is 9.98. The highest BCUT2D eigenvalue weighted by Crippen LogP contribution is 2.26. The summed E-state index contributed by atoms with van der Waals surface area (Å²) in [6, 6.07) is 15.6. The zero-order valence-electron chi connectivity index (χ0n) is 13.5. The molecule has 0 radical (unpaired) electrons. The highest BCUT2D eigenvalue weighted by molar-refractivity contribution is 5.89. The van der Waals surface area contributed by atoms with Crippen molar-refractivity contribution in [3.05, 3.63) is 54.1 Å². The van der Waals surface area contributed by atoms with Crippen molar-refractivity contribution in [3.8, 4) is 16.9 Å². The first-order chi connectivity index (χ1) is 11.3. The Morgan fingerprint density at radius 1 is 0.870 bits per heavy atom. The van der Waals surface area contributed by atoms with E-state index in [2.05, 4.69) is 12.1 Å². The lowest BCUT2D eigenvalue weighted by Crippen LogP contribution is -2.19. The van der Waals surface area contributed by atoms with E-state index in [4.69, 9.17) is 9.47 Å². The average molecular weight is 310 g/mol. The number of hydrogen-bond acceptors (Lipinski definition) is 3. The molecular weight excluding hydrogens is 288 g/mol. The van der Waals surface area contributed by atoms with Crippen molar-refractivity contribution in [2.45, 2.75) is 38.2 Å². The van der Waals surface area contributed by atoms with Crippen molar-refractivity contribution in [3.63, 3.8) is 0 Å². The summed E-state index contributed by atoms with van der Waals surface area (Å²) >= 11 is 0. The van der Waals surface area contributed by atoms with E-state index in [1.165, 1.54) is 26.4 Å². The standard InChI is InChI=1S/C20H22O3/c1-22-20(21)17-9-7-15(8-10-17)16-11-13-19(14-12-16)23-18-5-3-2-4-6-18/h7-14,18H,2-6H2,1H3. The van der Waals surface area contributed by atoms with Gasteiger partial charge in [0, 0.05) is 0 Å². The van der Waals surface area contributed by atoms with E-state index in [1.807, 2.05) is 24.3 Å². The molecule has 0 aliphatic heterocycles. The van der Waals surface area contributed by atoms with Gasteiger partial charge in [0.2, 0.25) is 0 Å².